The highest BCUT2D eigenvalue weighted by Crippen LogP contribution is 2.03. The first-order valence-electron chi connectivity index (χ1n) is 3.39. The number of thiocarbonyl (C=S) groups is 1. The molecule has 0 saturated carbocycles. The molecule has 0 aromatic carbocycles. The zero-order valence-corrected chi connectivity index (χ0v) is 6.94. The maximum Gasteiger partial charge on any atom is 0.326 e. The van der Waals surface area contributed by atoms with Gasteiger partial charge in [-0.2, -0.15) is 0 Å². The third-order valence-electron chi connectivity index (χ3n) is 1.57. The first-order chi connectivity index (χ1) is 5.09. The Kier molecular flexibility index (Phi) is 2.28. The third-order valence-corrected chi connectivity index (χ3v) is 1.81. The molecule has 0 aromatic rings. The lowest BCUT2D eigenvalue weighted by molar-refractivity contribution is -0.139. The molecule has 1 aliphatic heterocycles. The Bertz CT molecular complexity index is 195. The van der Waals surface area contributed by atoms with Gasteiger partial charge in [-0.05, 0) is 25.6 Å². The second kappa shape index (κ2) is 3.04. The molecule has 2 atom stereocenters. The van der Waals surface area contributed by atoms with Crippen molar-refractivity contribution in [2.24, 2.45) is 0 Å². The van der Waals surface area contributed by atoms with Crippen LogP contribution < -0.4 is 10.6 Å². The summed E-state index contributed by atoms with van der Waals surface area (Å²) in [6.45, 7) is 1.91. The summed E-state index contributed by atoms with van der Waals surface area (Å²) in [4.78, 5) is 10.5. The minimum Gasteiger partial charge on any atom is -0.480 e. The van der Waals surface area contributed by atoms with Crippen LogP contribution in [0.25, 0.3) is 0 Å². The van der Waals surface area contributed by atoms with Crippen LogP contribution in [-0.4, -0.2) is 28.3 Å². The number of rotatable bonds is 1. The monoisotopic (exact) mass is 174 g/mol. The van der Waals surface area contributed by atoms with Crippen LogP contribution >= 0.6 is 12.2 Å². The quantitative estimate of drug-likeness (QED) is 0.476. The van der Waals surface area contributed by atoms with Gasteiger partial charge in [-0.15, -0.1) is 0 Å². The molecule has 62 valence electrons. The van der Waals surface area contributed by atoms with E-state index in [-0.39, 0.29) is 6.04 Å². The van der Waals surface area contributed by atoms with Crippen LogP contribution in [0.15, 0.2) is 0 Å². The number of nitrogens with one attached hydrogen (secondary N) is 2. The van der Waals surface area contributed by atoms with Crippen molar-refractivity contribution >= 4 is 23.3 Å². The molecule has 0 aliphatic carbocycles. The van der Waals surface area contributed by atoms with E-state index in [2.05, 4.69) is 10.6 Å². The van der Waals surface area contributed by atoms with Crippen molar-refractivity contribution in [3.8, 4) is 0 Å². The number of aliphatic carboxylic acids is 1. The maximum absolute atomic E-state index is 10.5. The van der Waals surface area contributed by atoms with Crippen molar-refractivity contribution in [1.82, 2.24) is 10.6 Å². The van der Waals surface area contributed by atoms with E-state index in [1.54, 1.807) is 0 Å². The molecule has 0 aromatic heterocycles. The Balaban J connectivity index is 2.56. The zero-order chi connectivity index (χ0) is 8.43. The van der Waals surface area contributed by atoms with Gasteiger partial charge in [0, 0.05) is 6.04 Å². The summed E-state index contributed by atoms with van der Waals surface area (Å²) < 4.78 is 0. The van der Waals surface area contributed by atoms with Gasteiger partial charge >= 0.3 is 5.97 Å². The van der Waals surface area contributed by atoms with Crippen LogP contribution in [0.5, 0.6) is 0 Å². The summed E-state index contributed by atoms with van der Waals surface area (Å²) in [5.41, 5.74) is 0. The van der Waals surface area contributed by atoms with Crippen LogP contribution in [0, 0.1) is 0 Å². The minimum atomic E-state index is -0.847. The van der Waals surface area contributed by atoms with Gasteiger partial charge in [0.25, 0.3) is 0 Å². The van der Waals surface area contributed by atoms with Gasteiger partial charge in [0.1, 0.15) is 6.04 Å². The van der Waals surface area contributed by atoms with Gasteiger partial charge in [0.15, 0.2) is 5.11 Å². The lowest BCUT2D eigenvalue weighted by Gasteiger charge is -2.28. The van der Waals surface area contributed by atoms with Gasteiger partial charge in [-0.25, -0.2) is 4.79 Å². The van der Waals surface area contributed by atoms with E-state index in [1.165, 1.54) is 0 Å². The molecule has 0 unspecified atom stereocenters. The van der Waals surface area contributed by atoms with E-state index < -0.39 is 12.0 Å². The smallest absolute Gasteiger partial charge is 0.326 e. The molecule has 0 radical (unpaired) electrons. The Hall–Kier alpha value is -0.840. The Morgan fingerprint density at radius 2 is 2.36 bits per heavy atom. The molecule has 1 saturated heterocycles. The molecule has 1 fully saturated rings. The summed E-state index contributed by atoms with van der Waals surface area (Å²) in [5, 5.41) is 14.6. The third kappa shape index (κ3) is 2.04. The van der Waals surface area contributed by atoms with Crippen LogP contribution in [0.1, 0.15) is 13.3 Å². The van der Waals surface area contributed by atoms with Crippen LogP contribution in [0.2, 0.25) is 0 Å². The van der Waals surface area contributed by atoms with Crippen molar-refractivity contribution < 1.29 is 9.90 Å². The Labute approximate surface area is 70.0 Å². The predicted octanol–water partition coefficient (Wildman–Crippen LogP) is -0.304. The molecule has 4 nitrogen and oxygen atoms in total. The van der Waals surface area contributed by atoms with Gasteiger partial charge in [-0.3, -0.25) is 0 Å². The average molecular weight is 174 g/mol. The fourth-order valence-electron chi connectivity index (χ4n) is 1.06. The van der Waals surface area contributed by atoms with E-state index in [9.17, 15) is 4.79 Å². The van der Waals surface area contributed by atoms with E-state index >= 15 is 0 Å². The summed E-state index contributed by atoms with van der Waals surface area (Å²) in [5.74, 6) is -0.847. The molecular weight excluding hydrogens is 164 g/mol. The van der Waals surface area contributed by atoms with E-state index in [1.807, 2.05) is 6.92 Å². The first-order valence-corrected chi connectivity index (χ1v) is 3.80. The number of hydrogen-bond acceptors (Lipinski definition) is 2. The average Bonchev–Trinajstić information content (AvgIpc) is 1.85. The molecule has 5 heteroatoms. The molecule has 3 N–H and O–H groups in total. The van der Waals surface area contributed by atoms with E-state index in [0.717, 1.165) is 0 Å². The standard InChI is InChI=1S/C6H10N2O2S/c1-3-2-4(5(9)10)8-6(11)7-3/h3-4H,2H2,1H3,(H,9,10)(H2,7,8,11)/t3-,4-/m0/s1. The highest BCUT2D eigenvalue weighted by molar-refractivity contribution is 7.80. The molecule has 0 bridgehead atoms. The summed E-state index contributed by atoms with van der Waals surface area (Å²) in [7, 11) is 0. The van der Waals surface area contributed by atoms with Gasteiger partial charge in [0.05, 0.1) is 0 Å². The molecule has 11 heavy (non-hydrogen) atoms. The molecule has 1 aliphatic rings. The van der Waals surface area contributed by atoms with Crippen molar-refractivity contribution in [3.05, 3.63) is 0 Å². The number of carbonyl (C=O) groups is 1. The second-order valence-corrected chi connectivity index (χ2v) is 3.05. The molecule has 0 amide bonds. The van der Waals surface area contributed by atoms with Crippen molar-refractivity contribution in [2.45, 2.75) is 25.4 Å². The fraction of sp³-hybridized carbons (Fsp3) is 0.667. The van der Waals surface area contributed by atoms with Crippen molar-refractivity contribution in [2.75, 3.05) is 0 Å². The normalized spacial score (nSPS) is 30.5. The molecule has 1 rings (SSSR count). The molecule has 1 heterocycles. The highest BCUT2D eigenvalue weighted by Gasteiger charge is 2.25. The maximum atomic E-state index is 10.5. The SMILES string of the molecule is C[C@H]1C[C@@H](C(=O)O)NC(=S)N1. The second-order valence-electron chi connectivity index (χ2n) is 2.65. The van der Waals surface area contributed by atoms with Crippen molar-refractivity contribution in [3.63, 3.8) is 0 Å². The van der Waals surface area contributed by atoms with Gasteiger partial charge < -0.3 is 15.7 Å². The van der Waals surface area contributed by atoms with Crippen LogP contribution in [-0.2, 0) is 4.79 Å². The summed E-state index contributed by atoms with van der Waals surface area (Å²) in [6.07, 6.45) is 0.565. The Morgan fingerprint density at radius 3 is 2.82 bits per heavy atom. The zero-order valence-electron chi connectivity index (χ0n) is 6.13. The van der Waals surface area contributed by atoms with Crippen molar-refractivity contribution in [1.29, 1.82) is 0 Å². The molecular formula is C6H10N2O2S. The van der Waals surface area contributed by atoms with Crippen LogP contribution in [0.4, 0.5) is 0 Å². The van der Waals surface area contributed by atoms with Gasteiger partial charge in [0.2, 0.25) is 0 Å². The van der Waals surface area contributed by atoms with E-state index in [4.69, 9.17) is 17.3 Å². The number of carboxylic acids is 1. The Morgan fingerprint density at radius 1 is 1.73 bits per heavy atom. The fourth-order valence-corrected chi connectivity index (χ4v) is 1.40. The topological polar surface area (TPSA) is 61.4 Å². The lowest BCUT2D eigenvalue weighted by Crippen LogP contribution is -2.55. The van der Waals surface area contributed by atoms with Crippen LogP contribution in [0.3, 0.4) is 0 Å². The highest BCUT2D eigenvalue weighted by atomic mass is 32.1. The first kappa shape index (κ1) is 8.26. The molecule has 0 spiro atoms. The minimum absolute atomic E-state index is 0.143. The number of hydrogen-bond donors (Lipinski definition) is 3. The largest absolute Gasteiger partial charge is 0.480 e. The van der Waals surface area contributed by atoms with E-state index in [0.29, 0.717) is 11.5 Å². The number of carboxylic acid groups (broad SMARTS) is 1. The van der Waals surface area contributed by atoms with Gasteiger partial charge in [-0.1, -0.05) is 0 Å². The predicted molar refractivity (Wildman–Crippen MR) is 44.4 cm³/mol. The summed E-state index contributed by atoms with van der Waals surface area (Å²) in [6, 6.07) is -0.386. The lowest BCUT2D eigenvalue weighted by atomic mass is 10.1. The summed E-state index contributed by atoms with van der Waals surface area (Å²) >= 11 is 4.79.